The first-order chi connectivity index (χ1) is 9.32. The van der Waals surface area contributed by atoms with E-state index in [1.165, 1.54) is 4.68 Å². The van der Waals surface area contributed by atoms with Crippen LogP contribution in [0, 0.1) is 0 Å². The highest BCUT2D eigenvalue weighted by Gasteiger charge is 2.39. The van der Waals surface area contributed by atoms with E-state index in [4.69, 9.17) is 5.73 Å². The molecule has 0 saturated carbocycles. The third kappa shape index (κ3) is 3.76. The second kappa shape index (κ2) is 5.49. The maximum Gasteiger partial charge on any atom is 0.242 e. The molecule has 0 radical (unpaired) electrons. The quantitative estimate of drug-likeness (QED) is 0.681. The molecule has 9 heteroatoms. The molecule has 2 heterocycles. The fourth-order valence-corrected chi connectivity index (χ4v) is 4.40. The summed E-state index contributed by atoms with van der Waals surface area (Å²) in [6.45, 7) is 2.24. The van der Waals surface area contributed by atoms with Crippen molar-refractivity contribution < 1.29 is 13.2 Å². The Bertz CT molecular complexity index is 597. The van der Waals surface area contributed by atoms with Gasteiger partial charge in [-0.1, -0.05) is 5.21 Å². The minimum atomic E-state index is -3.04. The molecule has 20 heavy (non-hydrogen) atoms. The summed E-state index contributed by atoms with van der Waals surface area (Å²) in [4.78, 5) is 11.9. The second-order valence-electron chi connectivity index (χ2n) is 5.40. The minimum Gasteiger partial charge on any atom is -0.348 e. The predicted octanol–water partition coefficient (Wildman–Crippen LogP) is -1.53. The fourth-order valence-electron chi connectivity index (χ4n) is 2.31. The van der Waals surface area contributed by atoms with E-state index >= 15 is 0 Å². The molecule has 8 nitrogen and oxygen atoms in total. The summed E-state index contributed by atoms with van der Waals surface area (Å²) in [5.74, 6) is -0.163. The standard InChI is InChI=1S/C11H19N5O3S/c1-11(3-5-20(18,19)8-11)13-10(17)7-16-6-9(2-4-12)14-15-16/h6H,2-5,7-8,12H2,1H3,(H,13,17). The van der Waals surface area contributed by atoms with Crippen LogP contribution in [0.4, 0.5) is 0 Å². The molecule has 1 fully saturated rings. The molecule has 1 saturated heterocycles. The van der Waals surface area contributed by atoms with Crippen molar-refractivity contribution in [2.75, 3.05) is 18.1 Å². The number of amides is 1. The lowest BCUT2D eigenvalue weighted by atomic mass is 10.0. The largest absolute Gasteiger partial charge is 0.348 e. The Balaban J connectivity index is 1.92. The van der Waals surface area contributed by atoms with Crippen molar-refractivity contribution in [1.29, 1.82) is 0 Å². The van der Waals surface area contributed by atoms with Crippen LogP contribution < -0.4 is 11.1 Å². The zero-order valence-electron chi connectivity index (χ0n) is 11.4. The van der Waals surface area contributed by atoms with Crippen LogP contribution in [0.2, 0.25) is 0 Å². The van der Waals surface area contributed by atoms with Crippen molar-refractivity contribution in [1.82, 2.24) is 20.3 Å². The lowest BCUT2D eigenvalue weighted by molar-refractivity contribution is -0.123. The number of nitrogens with two attached hydrogens (primary N) is 1. The van der Waals surface area contributed by atoms with Crippen molar-refractivity contribution >= 4 is 15.7 Å². The van der Waals surface area contributed by atoms with Crippen molar-refractivity contribution in [3.8, 4) is 0 Å². The Morgan fingerprint density at radius 3 is 2.95 bits per heavy atom. The SMILES string of the molecule is CC1(NC(=O)Cn2cc(CCN)nn2)CCS(=O)(=O)C1. The number of nitrogens with one attached hydrogen (secondary N) is 1. The van der Waals surface area contributed by atoms with Gasteiger partial charge in [0.2, 0.25) is 5.91 Å². The molecule has 0 bridgehead atoms. The third-order valence-electron chi connectivity index (χ3n) is 3.24. The number of nitrogens with zero attached hydrogens (tertiary/aromatic N) is 3. The normalized spacial score (nSPS) is 24.7. The molecule has 2 rings (SSSR count). The van der Waals surface area contributed by atoms with Gasteiger partial charge < -0.3 is 11.1 Å². The number of hydrogen-bond donors (Lipinski definition) is 2. The zero-order valence-corrected chi connectivity index (χ0v) is 12.2. The number of carbonyl (C=O) groups excluding carboxylic acids is 1. The fraction of sp³-hybridized carbons (Fsp3) is 0.727. The average Bonchev–Trinajstić information content (AvgIpc) is 2.84. The minimum absolute atomic E-state index is 0.0124. The van der Waals surface area contributed by atoms with Gasteiger partial charge in [0, 0.05) is 12.6 Å². The van der Waals surface area contributed by atoms with Crippen LogP contribution in [-0.2, 0) is 27.6 Å². The van der Waals surface area contributed by atoms with E-state index in [1.54, 1.807) is 13.1 Å². The van der Waals surface area contributed by atoms with Crippen LogP contribution in [0.1, 0.15) is 19.0 Å². The van der Waals surface area contributed by atoms with Crippen LogP contribution in [0.25, 0.3) is 0 Å². The van der Waals surface area contributed by atoms with Gasteiger partial charge in [-0.2, -0.15) is 0 Å². The van der Waals surface area contributed by atoms with Gasteiger partial charge in [0.05, 0.1) is 22.7 Å². The molecule has 3 N–H and O–H groups in total. The maximum absolute atomic E-state index is 11.9. The molecule has 1 atom stereocenters. The Hall–Kier alpha value is -1.48. The van der Waals surface area contributed by atoms with Crippen LogP contribution >= 0.6 is 0 Å². The molecule has 0 spiro atoms. The molecule has 112 valence electrons. The van der Waals surface area contributed by atoms with E-state index in [2.05, 4.69) is 15.6 Å². The molecule has 1 aromatic heterocycles. The summed E-state index contributed by atoms with van der Waals surface area (Å²) >= 11 is 0. The Morgan fingerprint density at radius 1 is 1.60 bits per heavy atom. The number of hydrogen-bond acceptors (Lipinski definition) is 6. The van der Waals surface area contributed by atoms with Gasteiger partial charge in [0.25, 0.3) is 0 Å². The Morgan fingerprint density at radius 2 is 2.35 bits per heavy atom. The highest BCUT2D eigenvalue weighted by atomic mass is 32.2. The lowest BCUT2D eigenvalue weighted by Gasteiger charge is -2.23. The molecule has 1 amide bonds. The first-order valence-corrected chi connectivity index (χ1v) is 8.25. The molecule has 0 aliphatic carbocycles. The smallest absolute Gasteiger partial charge is 0.242 e. The van der Waals surface area contributed by atoms with Crippen LogP contribution in [0.15, 0.2) is 6.20 Å². The molecular formula is C11H19N5O3S. The number of sulfone groups is 1. The van der Waals surface area contributed by atoms with Gasteiger partial charge in [0.1, 0.15) is 6.54 Å². The summed E-state index contributed by atoms with van der Waals surface area (Å²) in [5, 5.41) is 10.5. The molecule has 1 aliphatic rings. The first kappa shape index (κ1) is 14.9. The summed E-state index contributed by atoms with van der Waals surface area (Å²) in [7, 11) is -3.04. The van der Waals surface area contributed by atoms with Gasteiger partial charge in [-0.25, -0.2) is 13.1 Å². The van der Waals surface area contributed by atoms with Gasteiger partial charge in [-0.05, 0) is 19.9 Å². The van der Waals surface area contributed by atoms with E-state index in [0.29, 0.717) is 19.4 Å². The van der Waals surface area contributed by atoms with Gasteiger partial charge in [-0.3, -0.25) is 4.79 Å². The van der Waals surface area contributed by atoms with Crippen molar-refractivity contribution in [2.45, 2.75) is 31.8 Å². The number of aromatic nitrogens is 3. The summed E-state index contributed by atoms with van der Waals surface area (Å²) in [6, 6.07) is 0. The highest BCUT2D eigenvalue weighted by Crippen LogP contribution is 2.22. The second-order valence-corrected chi connectivity index (χ2v) is 7.58. The average molecular weight is 301 g/mol. The Labute approximate surface area is 117 Å². The first-order valence-electron chi connectivity index (χ1n) is 6.42. The van der Waals surface area contributed by atoms with E-state index in [1.807, 2.05) is 0 Å². The molecule has 0 aromatic carbocycles. The third-order valence-corrected chi connectivity index (χ3v) is 5.14. The van der Waals surface area contributed by atoms with Crippen LogP contribution in [0.3, 0.4) is 0 Å². The predicted molar refractivity (Wildman–Crippen MR) is 72.6 cm³/mol. The van der Waals surface area contributed by atoms with Crippen molar-refractivity contribution in [3.63, 3.8) is 0 Å². The lowest BCUT2D eigenvalue weighted by Crippen LogP contribution is -2.48. The Kier molecular flexibility index (Phi) is 4.09. The monoisotopic (exact) mass is 301 g/mol. The van der Waals surface area contributed by atoms with Crippen molar-refractivity contribution in [2.24, 2.45) is 5.73 Å². The summed E-state index contributed by atoms with van der Waals surface area (Å²) in [5.41, 5.74) is 5.46. The van der Waals surface area contributed by atoms with Gasteiger partial charge in [-0.15, -0.1) is 5.10 Å². The summed E-state index contributed by atoms with van der Waals surface area (Å²) < 4.78 is 24.4. The van der Waals surface area contributed by atoms with Gasteiger partial charge >= 0.3 is 0 Å². The maximum atomic E-state index is 11.9. The molecular weight excluding hydrogens is 282 g/mol. The van der Waals surface area contributed by atoms with E-state index in [9.17, 15) is 13.2 Å². The number of rotatable bonds is 5. The van der Waals surface area contributed by atoms with E-state index in [0.717, 1.165) is 5.69 Å². The van der Waals surface area contributed by atoms with E-state index < -0.39 is 15.4 Å². The van der Waals surface area contributed by atoms with Gasteiger partial charge in [0.15, 0.2) is 9.84 Å². The topological polar surface area (TPSA) is 120 Å². The molecule has 1 aliphatic heterocycles. The molecule has 1 unspecified atom stereocenters. The van der Waals surface area contributed by atoms with Crippen LogP contribution in [-0.4, -0.2) is 52.9 Å². The zero-order chi connectivity index (χ0) is 14.8. The van der Waals surface area contributed by atoms with Crippen LogP contribution in [0.5, 0.6) is 0 Å². The molecule has 1 aromatic rings. The van der Waals surface area contributed by atoms with Crippen molar-refractivity contribution in [3.05, 3.63) is 11.9 Å². The summed E-state index contributed by atoms with van der Waals surface area (Å²) in [6.07, 6.45) is 2.72. The highest BCUT2D eigenvalue weighted by molar-refractivity contribution is 7.91. The number of carbonyl (C=O) groups is 1. The van der Waals surface area contributed by atoms with E-state index in [-0.39, 0.29) is 24.0 Å².